The summed E-state index contributed by atoms with van der Waals surface area (Å²) in [4.78, 5) is 23.6. The lowest BCUT2D eigenvalue weighted by Crippen LogP contribution is -2.42. The van der Waals surface area contributed by atoms with E-state index < -0.39 is 17.1 Å². The van der Waals surface area contributed by atoms with Crippen molar-refractivity contribution in [3.05, 3.63) is 0 Å². The van der Waals surface area contributed by atoms with Crippen LogP contribution >= 0.6 is 0 Å². The van der Waals surface area contributed by atoms with E-state index in [4.69, 9.17) is 4.74 Å². The maximum absolute atomic E-state index is 11.9. The molecular formula is C13H25NO3. The number of rotatable bonds is 4. The molecule has 0 saturated heterocycles. The normalized spacial score (nSPS) is 14.3. The number of hydrogen-bond donors (Lipinski definition) is 1. The van der Waals surface area contributed by atoms with Gasteiger partial charge in [-0.25, -0.2) is 0 Å². The van der Waals surface area contributed by atoms with E-state index in [1.54, 1.807) is 7.05 Å². The van der Waals surface area contributed by atoms with Gasteiger partial charge in [0.05, 0.1) is 5.60 Å². The van der Waals surface area contributed by atoms with E-state index in [1.165, 1.54) is 0 Å². The summed E-state index contributed by atoms with van der Waals surface area (Å²) in [5.41, 5.74) is -0.900. The van der Waals surface area contributed by atoms with Crippen LogP contribution in [0, 0.1) is 5.41 Å². The van der Waals surface area contributed by atoms with E-state index in [0.29, 0.717) is 0 Å². The van der Waals surface area contributed by atoms with Crippen LogP contribution < -0.4 is 5.32 Å². The fraction of sp³-hybridized carbons (Fsp3) is 0.846. The van der Waals surface area contributed by atoms with Gasteiger partial charge in [0.2, 0.25) is 5.91 Å². The van der Waals surface area contributed by atoms with Crippen molar-refractivity contribution in [1.29, 1.82) is 0 Å². The van der Waals surface area contributed by atoms with Crippen molar-refractivity contribution in [2.75, 3.05) is 7.05 Å². The number of carbonyl (C=O) groups is 2. The molecule has 4 heteroatoms. The number of nitrogens with one attached hydrogen (secondary N) is 1. The zero-order valence-corrected chi connectivity index (χ0v) is 12.0. The summed E-state index contributed by atoms with van der Waals surface area (Å²) in [6.45, 7) is 11.1. The zero-order valence-electron chi connectivity index (χ0n) is 12.0. The minimum absolute atomic E-state index is 0.0235. The quantitative estimate of drug-likeness (QED) is 0.820. The maximum Gasteiger partial charge on any atom is 0.249 e. The van der Waals surface area contributed by atoms with Crippen molar-refractivity contribution >= 4 is 11.7 Å². The lowest BCUT2D eigenvalue weighted by Gasteiger charge is -2.28. The number of carbonyl (C=O) groups excluding carboxylic acids is 2. The van der Waals surface area contributed by atoms with Crippen LogP contribution in [-0.2, 0) is 14.3 Å². The highest BCUT2D eigenvalue weighted by Crippen LogP contribution is 2.21. The minimum Gasteiger partial charge on any atom is -0.362 e. The molecule has 4 nitrogen and oxygen atoms in total. The lowest BCUT2D eigenvalue weighted by atomic mass is 9.87. The third-order valence-corrected chi connectivity index (χ3v) is 2.24. The van der Waals surface area contributed by atoms with E-state index in [2.05, 4.69) is 5.32 Å². The van der Waals surface area contributed by atoms with Gasteiger partial charge in [-0.2, -0.15) is 0 Å². The second kappa shape index (κ2) is 5.63. The molecule has 1 unspecified atom stereocenters. The molecule has 0 aromatic heterocycles. The Balaban J connectivity index is 4.73. The van der Waals surface area contributed by atoms with Crippen LogP contribution in [-0.4, -0.2) is 30.4 Å². The molecule has 0 radical (unpaired) electrons. The third-order valence-electron chi connectivity index (χ3n) is 2.24. The second-order valence-corrected chi connectivity index (χ2v) is 6.21. The Bertz CT molecular complexity index is 284. The summed E-state index contributed by atoms with van der Waals surface area (Å²) in [5, 5.41) is 2.53. The van der Waals surface area contributed by atoms with Gasteiger partial charge in [0, 0.05) is 18.9 Å². The molecule has 0 heterocycles. The molecule has 1 atom stereocenters. The fourth-order valence-electron chi connectivity index (χ4n) is 1.25. The minimum atomic E-state index is -0.716. The number of amides is 1. The van der Waals surface area contributed by atoms with Gasteiger partial charge in [-0.1, -0.05) is 20.8 Å². The summed E-state index contributed by atoms with van der Waals surface area (Å²) in [7, 11) is 1.54. The van der Waals surface area contributed by atoms with Gasteiger partial charge in [0.1, 0.15) is 11.9 Å². The Kier molecular flexibility index (Phi) is 5.33. The van der Waals surface area contributed by atoms with Crippen LogP contribution in [0.5, 0.6) is 0 Å². The van der Waals surface area contributed by atoms with E-state index in [9.17, 15) is 9.59 Å². The largest absolute Gasteiger partial charge is 0.362 e. The molecular weight excluding hydrogens is 218 g/mol. The van der Waals surface area contributed by atoms with E-state index in [-0.39, 0.29) is 18.1 Å². The molecule has 1 amide bonds. The Morgan fingerprint density at radius 2 is 1.59 bits per heavy atom. The number of Topliss-reactive ketones (excluding diaryl/α,β-unsaturated/α-hetero) is 1. The Morgan fingerprint density at radius 1 is 1.12 bits per heavy atom. The molecule has 0 aliphatic rings. The van der Waals surface area contributed by atoms with Crippen molar-refractivity contribution in [3.8, 4) is 0 Å². The molecule has 17 heavy (non-hydrogen) atoms. The van der Waals surface area contributed by atoms with Gasteiger partial charge in [-0.15, -0.1) is 0 Å². The monoisotopic (exact) mass is 243 g/mol. The number of likely N-dealkylation sites (N-methyl/N-ethyl adjacent to an activating group) is 1. The van der Waals surface area contributed by atoms with Crippen LogP contribution in [0.4, 0.5) is 0 Å². The summed E-state index contributed by atoms with van der Waals surface area (Å²) < 4.78 is 5.62. The highest BCUT2D eigenvalue weighted by Gasteiger charge is 2.31. The summed E-state index contributed by atoms with van der Waals surface area (Å²) in [6, 6.07) is 0. The first-order valence-electron chi connectivity index (χ1n) is 5.90. The Labute approximate surface area is 104 Å². The summed E-state index contributed by atoms with van der Waals surface area (Å²) in [6.07, 6.45) is -0.604. The van der Waals surface area contributed by atoms with Gasteiger partial charge in [0.15, 0.2) is 0 Å². The van der Waals surface area contributed by atoms with Gasteiger partial charge in [0.25, 0.3) is 0 Å². The Hall–Kier alpha value is -0.900. The molecule has 0 aromatic carbocycles. The first-order chi connectivity index (χ1) is 7.47. The molecule has 0 rings (SSSR count). The predicted octanol–water partition coefficient (Wildman–Crippen LogP) is 1.92. The van der Waals surface area contributed by atoms with Crippen LogP contribution in [0.3, 0.4) is 0 Å². The molecule has 0 bridgehead atoms. The average molecular weight is 243 g/mol. The summed E-state index contributed by atoms with van der Waals surface area (Å²) in [5.74, 6) is -0.229. The first kappa shape index (κ1) is 16.1. The lowest BCUT2D eigenvalue weighted by molar-refractivity contribution is -0.148. The fourth-order valence-corrected chi connectivity index (χ4v) is 1.25. The van der Waals surface area contributed by atoms with E-state index in [1.807, 2.05) is 41.5 Å². The van der Waals surface area contributed by atoms with Crippen LogP contribution in [0.25, 0.3) is 0 Å². The van der Waals surface area contributed by atoms with Gasteiger partial charge < -0.3 is 10.1 Å². The van der Waals surface area contributed by atoms with Gasteiger partial charge in [-0.05, 0) is 20.8 Å². The third kappa shape index (κ3) is 6.41. The molecule has 0 spiro atoms. The van der Waals surface area contributed by atoms with E-state index in [0.717, 1.165) is 0 Å². The van der Waals surface area contributed by atoms with Crippen molar-refractivity contribution in [2.24, 2.45) is 5.41 Å². The van der Waals surface area contributed by atoms with Crippen molar-refractivity contribution in [2.45, 2.75) is 59.7 Å². The standard InChI is InChI=1S/C13H25NO3/c1-12(2,3)10(15)8-9(11(16)14-7)17-13(4,5)6/h9H,8H2,1-7H3,(H,14,16). The molecule has 0 aliphatic heterocycles. The van der Waals surface area contributed by atoms with Crippen molar-refractivity contribution in [3.63, 3.8) is 0 Å². The topological polar surface area (TPSA) is 55.4 Å². The number of ketones is 1. The van der Waals surface area contributed by atoms with Crippen molar-refractivity contribution < 1.29 is 14.3 Å². The van der Waals surface area contributed by atoms with Crippen LogP contribution in [0.2, 0.25) is 0 Å². The smallest absolute Gasteiger partial charge is 0.249 e. The molecule has 100 valence electrons. The summed E-state index contributed by atoms with van der Waals surface area (Å²) >= 11 is 0. The highest BCUT2D eigenvalue weighted by molar-refractivity contribution is 5.90. The zero-order chi connectivity index (χ0) is 13.9. The second-order valence-electron chi connectivity index (χ2n) is 6.21. The first-order valence-corrected chi connectivity index (χ1v) is 5.90. The van der Waals surface area contributed by atoms with Crippen LogP contribution in [0.1, 0.15) is 48.0 Å². The van der Waals surface area contributed by atoms with E-state index >= 15 is 0 Å². The predicted molar refractivity (Wildman–Crippen MR) is 67.8 cm³/mol. The Morgan fingerprint density at radius 3 is 1.88 bits per heavy atom. The molecule has 1 N–H and O–H groups in total. The molecule has 0 aromatic rings. The number of hydrogen-bond acceptors (Lipinski definition) is 3. The van der Waals surface area contributed by atoms with Crippen LogP contribution in [0.15, 0.2) is 0 Å². The molecule has 0 saturated carbocycles. The average Bonchev–Trinajstić information content (AvgIpc) is 2.11. The highest BCUT2D eigenvalue weighted by atomic mass is 16.5. The SMILES string of the molecule is CNC(=O)C(CC(=O)C(C)(C)C)OC(C)(C)C. The number of ether oxygens (including phenoxy) is 1. The maximum atomic E-state index is 11.9. The van der Waals surface area contributed by atoms with Gasteiger partial charge >= 0.3 is 0 Å². The molecule has 0 fully saturated rings. The molecule has 0 aliphatic carbocycles. The van der Waals surface area contributed by atoms with Gasteiger partial charge in [-0.3, -0.25) is 9.59 Å². The van der Waals surface area contributed by atoms with Crippen molar-refractivity contribution in [1.82, 2.24) is 5.32 Å².